The van der Waals surface area contributed by atoms with Crippen molar-refractivity contribution in [2.45, 2.75) is 0 Å². The van der Waals surface area contributed by atoms with E-state index in [0.717, 1.165) is 22.2 Å². The van der Waals surface area contributed by atoms with E-state index in [1.807, 2.05) is 48.2 Å². The predicted molar refractivity (Wildman–Crippen MR) is 64.1 cm³/mol. The standard InChI is InChI=1S/C13H12N2O/c1-15-9-10(4-3-7-14)12-8-11(16-2)5-6-13(12)15/h3-6,8-9H,1-2H3/b4-3+. The highest BCUT2D eigenvalue weighted by Gasteiger charge is 2.05. The van der Waals surface area contributed by atoms with Crippen molar-refractivity contribution in [3.8, 4) is 11.8 Å². The summed E-state index contributed by atoms with van der Waals surface area (Å²) in [4.78, 5) is 0. The first-order valence-electron chi connectivity index (χ1n) is 4.95. The van der Waals surface area contributed by atoms with Crippen LogP contribution in [0.5, 0.6) is 5.75 Å². The number of rotatable bonds is 2. The third kappa shape index (κ3) is 1.66. The number of hydrogen-bond acceptors (Lipinski definition) is 2. The van der Waals surface area contributed by atoms with Gasteiger partial charge in [0.1, 0.15) is 5.75 Å². The zero-order chi connectivity index (χ0) is 11.5. The molecule has 0 bridgehead atoms. The summed E-state index contributed by atoms with van der Waals surface area (Å²) in [7, 11) is 3.63. The minimum atomic E-state index is 0.824. The van der Waals surface area contributed by atoms with Crippen LogP contribution in [0.25, 0.3) is 17.0 Å². The summed E-state index contributed by atoms with van der Waals surface area (Å²) in [5, 5.41) is 9.63. The van der Waals surface area contributed by atoms with Crippen molar-refractivity contribution in [2.24, 2.45) is 7.05 Å². The van der Waals surface area contributed by atoms with Crippen molar-refractivity contribution in [1.29, 1.82) is 5.26 Å². The van der Waals surface area contributed by atoms with Crippen molar-refractivity contribution >= 4 is 17.0 Å². The first-order valence-corrected chi connectivity index (χ1v) is 4.95. The Balaban J connectivity index is 2.66. The number of aryl methyl sites for hydroxylation is 1. The predicted octanol–water partition coefficient (Wildman–Crippen LogP) is 2.72. The molecule has 0 N–H and O–H groups in total. The zero-order valence-corrected chi connectivity index (χ0v) is 9.27. The molecule has 0 aliphatic rings. The lowest BCUT2D eigenvalue weighted by Crippen LogP contribution is -1.84. The molecule has 2 rings (SSSR count). The van der Waals surface area contributed by atoms with Crippen LogP contribution in [0.4, 0.5) is 0 Å². The smallest absolute Gasteiger partial charge is 0.119 e. The molecule has 0 saturated heterocycles. The minimum absolute atomic E-state index is 0.824. The van der Waals surface area contributed by atoms with Crippen LogP contribution in [0, 0.1) is 11.3 Å². The molecule has 0 amide bonds. The highest BCUT2D eigenvalue weighted by atomic mass is 16.5. The summed E-state index contributed by atoms with van der Waals surface area (Å²) >= 11 is 0. The van der Waals surface area contributed by atoms with E-state index in [0.29, 0.717) is 0 Å². The Morgan fingerprint density at radius 1 is 1.44 bits per heavy atom. The molecule has 16 heavy (non-hydrogen) atoms. The van der Waals surface area contributed by atoms with E-state index in [-0.39, 0.29) is 0 Å². The zero-order valence-electron chi connectivity index (χ0n) is 9.27. The molecular weight excluding hydrogens is 200 g/mol. The number of nitriles is 1. The Morgan fingerprint density at radius 3 is 2.94 bits per heavy atom. The van der Waals surface area contributed by atoms with Gasteiger partial charge in [-0.2, -0.15) is 5.26 Å². The molecule has 3 heteroatoms. The molecule has 80 valence electrons. The molecule has 1 aromatic heterocycles. The van der Waals surface area contributed by atoms with Gasteiger partial charge in [-0.1, -0.05) is 0 Å². The van der Waals surface area contributed by atoms with Crippen LogP contribution in [0.2, 0.25) is 0 Å². The third-order valence-corrected chi connectivity index (χ3v) is 2.56. The molecule has 0 saturated carbocycles. The molecule has 2 aromatic rings. The van der Waals surface area contributed by atoms with Crippen molar-refractivity contribution in [2.75, 3.05) is 7.11 Å². The number of ether oxygens (including phenoxy) is 1. The van der Waals surface area contributed by atoms with Crippen molar-refractivity contribution in [1.82, 2.24) is 4.57 Å². The summed E-state index contributed by atoms with van der Waals surface area (Å²) < 4.78 is 7.23. The van der Waals surface area contributed by atoms with Crippen LogP contribution in [0.15, 0.2) is 30.5 Å². The van der Waals surface area contributed by atoms with Gasteiger partial charge in [0.15, 0.2) is 0 Å². The maximum atomic E-state index is 8.54. The van der Waals surface area contributed by atoms with Crippen LogP contribution in [0.3, 0.4) is 0 Å². The monoisotopic (exact) mass is 212 g/mol. The van der Waals surface area contributed by atoms with Gasteiger partial charge in [0.25, 0.3) is 0 Å². The summed E-state index contributed by atoms with van der Waals surface area (Å²) in [6.45, 7) is 0. The van der Waals surface area contributed by atoms with E-state index < -0.39 is 0 Å². The van der Waals surface area contributed by atoms with E-state index in [1.165, 1.54) is 6.08 Å². The van der Waals surface area contributed by atoms with Gasteiger partial charge in [0, 0.05) is 35.8 Å². The average molecular weight is 212 g/mol. The van der Waals surface area contributed by atoms with E-state index in [4.69, 9.17) is 10.00 Å². The number of aromatic nitrogens is 1. The molecule has 0 aliphatic heterocycles. The van der Waals surface area contributed by atoms with Crippen molar-refractivity contribution in [3.05, 3.63) is 36.0 Å². The number of fused-ring (bicyclic) bond motifs is 1. The molecule has 0 fully saturated rings. The first-order chi connectivity index (χ1) is 7.76. The quantitative estimate of drug-likeness (QED) is 0.718. The second kappa shape index (κ2) is 4.11. The molecule has 0 unspecified atom stereocenters. The first kappa shape index (κ1) is 10.3. The lowest BCUT2D eigenvalue weighted by Gasteiger charge is -2.00. The Hall–Kier alpha value is -2.21. The third-order valence-electron chi connectivity index (χ3n) is 2.56. The summed E-state index contributed by atoms with van der Waals surface area (Å²) in [5.74, 6) is 0.824. The molecule has 1 aromatic carbocycles. The fraction of sp³-hybridized carbons (Fsp3) is 0.154. The summed E-state index contributed by atoms with van der Waals surface area (Å²) in [5.41, 5.74) is 2.15. The molecule has 0 atom stereocenters. The topological polar surface area (TPSA) is 37.9 Å². The number of nitrogens with zero attached hydrogens (tertiary/aromatic N) is 2. The van der Waals surface area contributed by atoms with Gasteiger partial charge in [0.2, 0.25) is 0 Å². The van der Waals surface area contributed by atoms with Crippen LogP contribution in [0.1, 0.15) is 5.56 Å². The highest BCUT2D eigenvalue weighted by Crippen LogP contribution is 2.26. The molecule has 0 aliphatic carbocycles. The lowest BCUT2D eigenvalue weighted by molar-refractivity contribution is 0.415. The van der Waals surface area contributed by atoms with Gasteiger partial charge in [-0.15, -0.1) is 0 Å². The largest absolute Gasteiger partial charge is 0.497 e. The fourth-order valence-electron chi connectivity index (χ4n) is 1.79. The fourth-order valence-corrected chi connectivity index (χ4v) is 1.79. The normalized spacial score (nSPS) is 10.8. The van der Waals surface area contributed by atoms with Gasteiger partial charge < -0.3 is 9.30 Å². The molecular formula is C13H12N2O. The van der Waals surface area contributed by atoms with E-state index >= 15 is 0 Å². The Kier molecular flexibility index (Phi) is 2.65. The lowest BCUT2D eigenvalue weighted by atomic mass is 10.1. The highest BCUT2D eigenvalue weighted by molar-refractivity contribution is 5.90. The van der Waals surface area contributed by atoms with Gasteiger partial charge in [-0.05, 0) is 24.3 Å². The van der Waals surface area contributed by atoms with E-state index in [2.05, 4.69) is 0 Å². The van der Waals surface area contributed by atoms with Gasteiger partial charge in [-0.25, -0.2) is 0 Å². The number of methoxy groups -OCH3 is 1. The van der Waals surface area contributed by atoms with Crippen LogP contribution < -0.4 is 4.74 Å². The van der Waals surface area contributed by atoms with Gasteiger partial charge in [-0.3, -0.25) is 0 Å². The van der Waals surface area contributed by atoms with Gasteiger partial charge >= 0.3 is 0 Å². The average Bonchev–Trinajstić information content (AvgIpc) is 2.63. The number of allylic oxidation sites excluding steroid dienone is 1. The van der Waals surface area contributed by atoms with E-state index in [9.17, 15) is 0 Å². The molecule has 0 radical (unpaired) electrons. The molecule has 3 nitrogen and oxygen atoms in total. The Bertz CT molecular complexity index is 588. The second-order valence-electron chi connectivity index (χ2n) is 3.54. The van der Waals surface area contributed by atoms with Crippen LogP contribution in [-0.4, -0.2) is 11.7 Å². The maximum Gasteiger partial charge on any atom is 0.119 e. The van der Waals surface area contributed by atoms with Crippen molar-refractivity contribution in [3.63, 3.8) is 0 Å². The number of benzene rings is 1. The minimum Gasteiger partial charge on any atom is -0.497 e. The van der Waals surface area contributed by atoms with E-state index in [1.54, 1.807) is 7.11 Å². The molecule has 1 heterocycles. The summed E-state index contributed by atoms with van der Waals surface area (Å²) in [6, 6.07) is 7.92. The van der Waals surface area contributed by atoms with Gasteiger partial charge in [0.05, 0.1) is 13.2 Å². The number of hydrogen-bond donors (Lipinski definition) is 0. The molecule has 0 spiro atoms. The van der Waals surface area contributed by atoms with Crippen LogP contribution >= 0.6 is 0 Å². The maximum absolute atomic E-state index is 8.54. The Labute approximate surface area is 94.2 Å². The van der Waals surface area contributed by atoms with Crippen molar-refractivity contribution < 1.29 is 4.74 Å². The second-order valence-corrected chi connectivity index (χ2v) is 3.54. The van der Waals surface area contributed by atoms with Crippen LogP contribution in [-0.2, 0) is 7.05 Å². The SMILES string of the molecule is COc1ccc2c(c1)c(/C=C/C#N)cn2C. The Morgan fingerprint density at radius 2 is 2.25 bits per heavy atom. The summed E-state index contributed by atoms with van der Waals surface area (Å²) in [6.07, 6.45) is 5.29.